The first-order chi connectivity index (χ1) is 27.9. The van der Waals surface area contributed by atoms with Crippen molar-refractivity contribution in [3.05, 3.63) is 80.7 Å². The Morgan fingerprint density at radius 2 is 1.69 bits per heavy atom. The number of nitrogens with one attached hydrogen (secondary N) is 2. The number of imide groups is 2. The predicted molar refractivity (Wildman–Crippen MR) is 215 cm³/mol. The van der Waals surface area contributed by atoms with E-state index in [1.807, 2.05) is 19.9 Å². The molecule has 1 atom stereocenters. The number of aryl methyl sites for hydroxylation is 2. The molecule has 0 bridgehead atoms. The second-order valence-electron chi connectivity index (χ2n) is 16.9. The molecule has 0 spiro atoms. The fourth-order valence-electron chi connectivity index (χ4n) is 9.37. The number of carbonyl (C=O) groups is 5. The zero-order chi connectivity index (χ0) is 42.6. The van der Waals surface area contributed by atoms with Gasteiger partial charge in [-0.2, -0.15) is 5.26 Å². The highest BCUT2D eigenvalue weighted by molar-refractivity contribution is 6.31. The molecule has 1 saturated carbocycles. The topological polar surface area (TPSA) is 174 Å². The van der Waals surface area contributed by atoms with Crippen LogP contribution >= 0.6 is 11.6 Å². The summed E-state index contributed by atoms with van der Waals surface area (Å²) in [7, 11) is 0. The minimum Gasteiger partial charge on any atom is -0.490 e. The molecule has 59 heavy (non-hydrogen) atoms. The van der Waals surface area contributed by atoms with E-state index in [0.29, 0.717) is 53.6 Å². The van der Waals surface area contributed by atoms with Crippen LogP contribution in [0.25, 0.3) is 0 Å². The predicted octanol–water partition coefficient (Wildman–Crippen LogP) is 4.97. The Labute approximate surface area is 347 Å². The van der Waals surface area contributed by atoms with Crippen LogP contribution in [0.3, 0.4) is 0 Å². The number of anilines is 1. The van der Waals surface area contributed by atoms with Crippen molar-refractivity contribution >= 4 is 47.0 Å². The van der Waals surface area contributed by atoms with Gasteiger partial charge in [0.05, 0.1) is 39.6 Å². The standard InChI is InChI=1S/C43H47ClFN7O7/c1-23-18-33(47-24(2)35(23)37(55)49-40-42(3,4)41(43(40,5)6)59-26-9-8-25(22-46)29(44)19-26)51-15-13-50(14-16-51)12-7-17-58-32-21-28-27(20-30(32)45)38(56)52(39(28)57)31-10-11-34(53)48-36(31)54/h8-9,18-21,31,40-41H,7,10-17H2,1-6H3,(H,49,55)(H,48,53,54). The number of benzene rings is 2. The molecule has 1 aromatic heterocycles. The Bertz CT molecular complexity index is 2260. The molecule has 4 aliphatic rings. The van der Waals surface area contributed by atoms with Crippen molar-refractivity contribution in [1.82, 2.24) is 25.4 Å². The van der Waals surface area contributed by atoms with Crippen molar-refractivity contribution < 1.29 is 37.8 Å². The van der Waals surface area contributed by atoms with Gasteiger partial charge in [-0.1, -0.05) is 39.3 Å². The first-order valence-electron chi connectivity index (χ1n) is 19.7. The van der Waals surface area contributed by atoms with Gasteiger partial charge in [-0.3, -0.25) is 39.1 Å². The maximum atomic E-state index is 15.0. The molecule has 14 nitrogen and oxygen atoms in total. The van der Waals surface area contributed by atoms with Gasteiger partial charge in [-0.15, -0.1) is 0 Å². The van der Waals surface area contributed by atoms with E-state index < -0.39 is 46.3 Å². The summed E-state index contributed by atoms with van der Waals surface area (Å²) in [4.78, 5) is 74.0. The van der Waals surface area contributed by atoms with E-state index in [1.54, 1.807) is 18.2 Å². The summed E-state index contributed by atoms with van der Waals surface area (Å²) in [5.74, 6) is -2.48. The van der Waals surface area contributed by atoms with E-state index in [-0.39, 0.29) is 54.4 Å². The van der Waals surface area contributed by atoms with Gasteiger partial charge in [0, 0.05) is 62.1 Å². The number of piperazine rings is 1. The van der Waals surface area contributed by atoms with Gasteiger partial charge in [-0.25, -0.2) is 9.37 Å². The van der Waals surface area contributed by atoms with Crippen LogP contribution in [0.5, 0.6) is 11.5 Å². The van der Waals surface area contributed by atoms with E-state index in [2.05, 4.69) is 54.2 Å². The molecule has 3 aliphatic heterocycles. The van der Waals surface area contributed by atoms with Gasteiger partial charge >= 0.3 is 0 Å². The molecule has 7 rings (SSSR count). The highest BCUT2D eigenvalue weighted by atomic mass is 35.5. The van der Waals surface area contributed by atoms with Gasteiger partial charge in [0.2, 0.25) is 11.8 Å². The fraction of sp³-hybridized carbons (Fsp3) is 0.465. The van der Waals surface area contributed by atoms with Crippen LogP contribution < -0.4 is 25.0 Å². The number of pyridine rings is 1. The van der Waals surface area contributed by atoms with Crippen LogP contribution in [0.15, 0.2) is 36.4 Å². The van der Waals surface area contributed by atoms with Crippen LogP contribution in [0.4, 0.5) is 10.2 Å². The van der Waals surface area contributed by atoms with Crippen molar-refractivity contribution in [3.8, 4) is 17.6 Å². The van der Waals surface area contributed by atoms with E-state index in [9.17, 15) is 29.2 Å². The number of hydrogen-bond donors (Lipinski definition) is 2. The Morgan fingerprint density at radius 1 is 1.02 bits per heavy atom. The molecule has 310 valence electrons. The fourth-order valence-corrected chi connectivity index (χ4v) is 9.58. The van der Waals surface area contributed by atoms with Crippen molar-refractivity contribution in [2.45, 2.75) is 79.0 Å². The first kappa shape index (κ1) is 41.6. The van der Waals surface area contributed by atoms with Crippen LogP contribution in [-0.4, -0.2) is 102 Å². The Hall–Kier alpha value is -5.59. The third-order valence-electron chi connectivity index (χ3n) is 12.1. The zero-order valence-electron chi connectivity index (χ0n) is 33.9. The highest BCUT2D eigenvalue weighted by Crippen LogP contribution is 2.55. The molecule has 1 aliphatic carbocycles. The molecular formula is C43H47ClFN7O7. The zero-order valence-corrected chi connectivity index (χ0v) is 34.7. The number of fused-ring (bicyclic) bond motifs is 1. The number of carbonyl (C=O) groups excluding carboxylic acids is 5. The number of rotatable bonds is 11. The molecular weight excluding hydrogens is 781 g/mol. The minimum absolute atomic E-state index is 0.00817. The number of hydrogen-bond acceptors (Lipinski definition) is 11. The second kappa shape index (κ2) is 15.9. The molecule has 2 N–H and O–H groups in total. The smallest absolute Gasteiger partial charge is 0.262 e. The molecule has 16 heteroatoms. The van der Waals surface area contributed by atoms with Gasteiger partial charge in [0.25, 0.3) is 17.7 Å². The molecule has 5 amide bonds. The lowest BCUT2D eigenvalue weighted by molar-refractivity contribution is -0.164. The number of ether oxygens (including phenoxy) is 2. The lowest BCUT2D eigenvalue weighted by Crippen LogP contribution is -2.74. The quantitative estimate of drug-likeness (QED) is 0.198. The molecule has 4 heterocycles. The highest BCUT2D eigenvalue weighted by Gasteiger charge is 2.64. The minimum atomic E-state index is -1.14. The lowest BCUT2D eigenvalue weighted by atomic mass is 9.49. The molecule has 1 unspecified atom stereocenters. The number of nitriles is 1. The summed E-state index contributed by atoms with van der Waals surface area (Å²) in [5.41, 5.74) is 1.38. The van der Waals surface area contributed by atoms with E-state index in [4.69, 9.17) is 26.1 Å². The average Bonchev–Trinajstić information content (AvgIpc) is 3.41. The summed E-state index contributed by atoms with van der Waals surface area (Å²) < 4.78 is 27.1. The average molecular weight is 828 g/mol. The normalized spacial score (nSPS) is 22.3. The first-order valence-corrected chi connectivity index (χ1v) is 20.1. The van der Waals surface area contributed by atoms with Gasteiger partial charge in [0.1, 0.15) is 29.8 Å². The van der Waals surface area contributed by atoms with Crippen LogP contribution in [0.2, 0.25) is 5.02 Å². The van der Waals surface area contributed by atoms with Crippen LogP contribution in [0.1, 0.15) is 94.9 Å². The van der Waals surface area contributed by atoms with Crippen molar-refractivity contribution in [2.75, 3.05) is 44.2 Å². The number of halogens is 2. The van der Waals surface area contributed by atoms with Gasteiger partial charge in [0.15, 0.2) is 11.6 Å². The van der Waals surface area contributed by atoms with Crippen LogP contribution in [0, 0.1) is 41.8 Å². The SMILES string of the molecule is Cc1cc(N2CCN(CCCOc3cc4c(cc3F)C(=O)N(C3CCC(=O)NC3=O)C4=O)CC2)nc(C)c1C(=O)NC1C(C)(C)C(Oc2ccc(C#N)c(Cl)c2)C1(C)C. The number of amides is 5. The summed E-state index contributed by atoms with van der Waals surface area (Å²) in [6.07, 6.45) is 0.349. The lowest BCUT2D eigenvalue weighted by Gasteiger charge is -2.63. The van der Waals surface area contributed by atoms with Crippen molar-refractivity contribution in [2.24, 2.45) is 10.8 Å². The Kier molecular flexibility index (Phi) is 11.2. The Balaban J connectivity index is 0.893. The summed E-state index contributed by atoms with van der Waals surface area (Å²) in [5, 5.41) is 15.0. The van der Waals surface area contributed by atoms with E-state index >= 15 is 4.39 Å². The Morgan fingerprint density at radius 3 is 2.32 bits per heavy atom. The molecule has 0 radical (unpaired) electrons. The third-order valence-corrected chi connectivity index (χ3v) is 12.4. The maximum absolute atomic E-state index is 15.0. The van der Waals surface area contributed by atoms with Gasteiger partial charge in [-0.05, 0) is 62.6 Å². The third kappa shape index (κ3) is 7.71. The van der Waals surface area contributed by atoms with Crippen molar-refractivity contribution in [1.29, 1.82) is 5.26 Å². The summed E-state index contributed by atoms with van der Waals surface area (Å²) in [6.45, 7) is 15.8. The monoisotopic (exact) mass is 827 g/mol. The number of nitrogens with zero attached hydrogens (tertiary/aromatic N) is 5. The van der Waals surface area contributed by atoms with E-state index in [1.165, 1.54) is 6.07 Å². The molecule has 2 saturated heterocycles. The molecule has 3 aromatic rings. The number of aromatic nitrogens is 1. The summed E-state index contributed by atoms with van der Waals surface area (Å²) in [6, 6.07) is 9.87. The molecule has 3 fully saturated rings. The number of piperidine rings is 1. The molecule has 2 aromatic carbocycles. The summed E-state index contributed by atoms with van der Waals surface area (Å²) >= 11 is 6.25. The maximum Gasteiger partial charge on any atom is 0.262 e. The van der Waals surface area contributed by atoms with Crippen LogP contribution in [-0.2, 0) is 9.59 Å². The van der Waals surface area contributed by atoms with Gasteiger partial charge < -0.3 is 19.7 Å². The van der Waals surface area contributed by atoms with E-state index in [0.717, 1.165) is 35.4 Å². The second-order valence-corrected chi connectivity index (χ2v) is 17.3. The van der Waals surface area contributed by atoms with Crippen molar-refractivity contribution in [3.63, 3.8) is 0 Å². The largest absolute Gasteiger partial charge is 0.490 e.